The number of hydrogen-bond acceptors (Lipinski definition) is 2. The molecular weight excluding hydrogens is 268 g/mol. The predicted molar refractivity (Wildman–Crippen MR) is 67.7 cm³/mol. The second-order valence-corrected chi connectivity index (χ2v) is 5.63. The van der Waals surface area contributed by atoms with Gasteiger partial charge in [0, 0.05) is 6.42 Å². The Bertz CT molecular complexity index is 384. The lowest BCUT2D eigenvalue weighted by atomic mass is 9.92. The van der Waals surface area contributed by atoms with Gasteiger partial charge in [-0.25, -0.2) is 0 Å². The molecule has 0 radical (unpaired) electrons. The van der Waals surface area contributed by atoms with Crippen LogP contribution in [0, 0.1) is 5.92 Å². The van der Waals surface area contributed by atoms with E-state index in [1.54, 1.807) is 7.11 Å². The lowest BCUT2D eigenvalue weighted by Crippen LogP contribution is -2.29. The van der Waals surface area contributed by atoms with E-state index < -0.39 is 5.60 Å². The minimum Gasteiger partial charge on any atom is -0.496 e. The van der Waals surface area contributed by atoms with Crippen molar-refractivity contribution in [3.63, 3.8) is 0 Å². The average molecular weight is 285 g/mol. The van der Waals surface area contributed by atoms with E-state index >= 15 is 0 Å². The maximum Gasteiger partial charge on any atom is 0.133 e. The van der Waals surface area contributed by atoms with E-state index in [1.807, 2.05) is 25.1 Å². The largest absolute Gasteiger partial charge is 0.496 e. The highest BCUT2D eigenvalue weighted by Crippen LogP contribution is 2.41. The molecule has 0 bridgehead atoms. The predicted octanol–water partition coefficient (Wildman–Crippen LogP) is 3.16. The van der Waals surface area contributed by atoms with Gasteiger partial charge in [-0.05, 0) is 59.3 Å². The molecule has 2 rings (SSSR count). The summed E-state index contributed by atoms with van der Waals surface area (Å²) in [4.78, 5) is 0. The summed E-state index contributed by atoms with van der Waals surface area (Å²) in [6.07, 6.45) is 3.02. The summed E-state index contributed by atoms with van der Waals surface area (Å²) in [5, 5.41) is 10.3. The van der Waals surface area contributed by atoms with Crippen LogP contribution in [0.25, 0.3) is 0 Å². The van der Waals surface area contributed by atoms with Crippen LogP contribution >= 0.6 is 15.9 Å². The Balaban J connectivity index is 2.12. The summed E-state index contributed by atoms with van der Waals surface area (Å²) in [7, 11) is 1.65. The number of aliphatic hydroxyl groups is 1. The molecule has 1 aromatic carbocycles. The Morgan fingerprint density at radius 1 is 1.50 bits per heavy atom. The Morgan fingerprint density at radius 2 is 2.19 bits per heavy atom. The Hall–Kier alpha value is -0.540. The summed E-state index contributed by atoms with van der Waals surface area (Å²) in [6.45, 7) is 1.93. The standard InChI is InChI=1S/C13H17BrO2/c1-13(15,10-4-5-10)8-9-3-6-12(16-2)11(14)7-9/h3,6-7,10,15H,4-5,8H2,1-2H3. The average Bonchev–Trinajstić information content (AvgIpc) is 3.00. The Kier molecular flexibility index (Phi) is 3.27. The molecule has 1 aliphatic carbocycles. The van der Waals surface area contributed by atoms with Crippen LogP contribution in [0.3, 0.4) is 0 Å². The van der Waals surface area contributed by atoms with E-state index in [0.717, 1.165) is 28.6 Å². The normalized spacial score (nSPS) is 19.2. The van der Waals surface area contributed by atoms with Gasteiger partial charge in [-0.1, -0.05) is 6.07 Å². The zero-order valence-corrected chi connectivity index (χ0v) is 11.3. The second kappa shape index (κ2) is 4.38. The molecule has 1 fully saturated rings. The van der Waals surface area contributed by atoms with Gasteiger partial charge in [-0.2, -0.15) is 0 Å². The number of benzene rings is 1. The first-order valence-corrected chi connectivity index (χ1v) is 6.37. The molecule has 0 heterocycles. The minimum absolute atomic E-state index is 0.480. The van der Waals surface area contributed by atoms with Gasteiger partial charge in [0.05, 0.1) is 17.2 Å². The van der Waals surface area contributed by atoms with Crippen molar-refractivity contribution in [3.8, 4) is 5.75 Å². The highest BCUT2D eigenvalue weighted by atomic mass is 79.9. The quantitative estimate of drug-likeness (QED) is 0.920. The first-order chi connectivity index (χ1) is 7.53. The molecule has 0 saturated heterocycles. The molecule has 1 saturated carbocycles. The first-order valence-electron chi connectivity index (χ1n) is 5.58. The van der Waals surface area contributed by atoms with E-state index in [4.69, 9.17) is 4.74 Å². The maximum absolute atomic E-state index is 10.3. The number of methoxy groups -OCH3 is 1. The van der Waals surface area contributed by atoms with Crippen molar-refractivity contribution in [2.75, 3.05) is 7.11 Å². The fraction of sp³-hybridized carbons (Fsp3) is 0.538. The van der Waals surface area contributed by atoms with E-state index in [2.05, 4.69) is 15.9 Å². The van der Waals surface area contributed by atoms with Crippen molar-refractivity contribution in [1.29, 1.82) is 0 Å². The van der Waals surface area contributed by atoms with Crippen LogP contribution in [-0.2, 0) is 6.42 Å². The summed E-state index contributed by atoms with van der Waals surface area (Å²) in [5.41, 5.74) is 0.582. The zero-order chi connectivity index (χ0) is 11.8. The van der Waals surface area contributed by atoms with Gasteiger partial charge >= 0.3 is 0 Å². The van der Waals surface area contributed by atoms with E-state index in [9.17, 15) is 5.11 Å². The van der Waals surface area contributed by atoms with E-state index in [1.165, 1.54) is 0 Å². The molecular formula is C13H17BrO2. The molecule has 0 aliphatic heterocycles. The van der Waals surface area contributed by atoms with Crippen LogP contribution in [-0.4, -0.2) is 17.8 Å². The molecule has 1 N–H and O–H groups in total. The fourth-order valence-corrected chi connectivity index (χ4v) is 2.67. The summed E-state index contributed by atoms with van der Waals surface area (Å²) in [6, 6.07) is 5.97. The van der Waals surface area contributed by atoms with E-state index in [0.29, 0.717) is 12.3 Å². The van der Waals surface area contributed by atoms with E-state index in [-0.39, 0.29) is 0 Å². The molecule has 3 heteroatoms. The molecule has 1 aromatic rings. The van der Waals surface area contributed by atoms with Crippen molar-refractivity contribution in [3.05, 3.63) is 28.2 Å². The van der Waals surface area contributed by atoms with Crippen LogP contribution in [0.15, 0.2) is 22.7 Å². The Labute approximate surface area is 105 Å². The van der Waals surface area contributed by atoms with Crippen molar-refractivity contribution in [1.82, 2.24) is 0 Å². The van der Waals surface area contributed by atoms with Gasteiger partial charge < -0.3 is 9.84 Å². The first kappa shape index (κ1) is 11.9. The van der Waals surface area contributed by atoms with Crippen LogP contribution < -0.4 is 4.74 Å². The lowest BCUT2D eigenvalue weighted by molar-refractivity contribution is 0.0372. The molecule has 0 spiro atoms. The van der Waals surface area contributed by atoms with Crippen molar-refractivity contribution >= 4 is 15.9 Å². The van der Waals surface area contributed by atoms with Crippen LogP contribution in [0.5, 0.6) is 5.75 Å². The molecule has 2 nitrogen and oxygen atoms in total. The third kappa shape index (κ3) is 2.58. The van der Waals surface area contributed by atoms with Crippen LogP contribution in [0.4, 0.5) is 0 Å². The molecule has 16 heavy (non-hydrogen) atoms. The molecule has 0 aromatic heterocycles. The van der Waals surface area contributed by atoms with Crippen molar-refractivity contribution in [2.45, 2.75) is 31.8 Å². The molecule has 1 aliphatic rings. The minimum atomic E-state index is -0.561. The van der Waals surface area contributed by atoms with Gasteiger partial charge in [0.25, 0.3) is 0 Å². The lowest BCUT2D eigenvalue weighted by Gasteiger charge is -2.23. The molecule has 88 valence electrons. The molecule has 0 amide bonds. The number of ether oxygens (including phenoxy) is 1. The van der Waals surface area contributed by atoms with Crippen LogP contribution in [0.1, 0.15) is 25.3 Å². The van der Waals surface area contributed by atoms with Gasteiger partial charge in [0.2, 0.25) is 0 Å². The molecule has 1 unspecified atom stereocenters. The smallest absolute Gasteiger partial charge is 0.133 e. The monoisotopic (exact) mass is 284 g/mol. The molecule has 1 atom stereocenters. The SMILES string of the molecule is COc1ccc(CC(C)(O)C2CC2)cc1Br. The summed E-state index contributed by atoms with van der Waals surface area (Å²) in [5.74, 6) is 1.31. The second-order valence-electron chi connectivity index (χ2n) is 4.78. The summed E-state index contributed by atoms with van der Waals surface area (Å²) >= 11 is 3.46. The van der Waals surface area contributed by atoms with Gasteiger partial charge in [0.15, 0.2) is 0 Å². The van der Waals surface area contributed by atoms with Gasteiger partial charge in [-0.15, -0.1) is 0 Å². The number of halogens is 1. The number of hydrogen-bond donors (Lipinski definition) is 1. The van der Waals surface area contributed by atoms with Crippen molar-refractivity contribution < 1.29 is 9.84 Å². The third-order valence-corrected chi connectivity index (χ3v) is 3.85. The number of rotatable bonds is 4. The highest BCUT2D eigenvalue weighted by molar-refractivity contribution is 9.10. The Morgan fingerprint density at radius 3 is 2.69 bits per heavy atom. The van der Waals surface area contributed by atoms with Gasteiger partial charge in [-0.3, -0.25) is 0 Å². The summed E-state index contributed by atoms with van der Waals surface area (Å²) < 4.78 is 6.12. The fourth-order valence-electron chi connectivity index (χ4n) is 2.08. The topological polar surface area (TPSA) is 29.5 Å². The highest BCUT2D eigenvalue weighted by Gasteiger charge is 2.39. The third-order valence-electron chi connectivity index (χ3n) is 3.24. The van der Waals surface area contributed by atoms with Crippen molar-refractivity contribution in [2.24, 2.45) is 5.92 Å². The zero-order valence-electron chi connectivity index (χ0n) is 9.66. The van der Waals surface area contributed by atoms with Crippen LogP contribution in [0.2, 0.25) is 0 Å². The maximum atomic E-state index is 10.3. The van der Waals surface area contributed by atoms with Gasteiger partial charge in [0.1, 0.15) is 5.75 Å².